The van der Waals surface area contributed by atoms with E-state index in [2.05, 4.69) is 260 Å². The molecule has 0 radical (unpaired) electrons. The first-order chi connectivity index (χ1) is 73.2. The van der Waals surface area contributed by atoms with Gasteiger partial charge in [0.15, 0.2) is 0 Å². The standard InChI is InChI=1S/2C25H25F.2C24H23F.2C23H21F/c1-3-5-6-7-20-10-12-21(13-11-20)23-16-17-24(25(26)18-23)22-14-8-19(4-2)9-15-22;1-3-5-6-7-20-10-14-22(15-11-20)24-17-16-23(18-25(24)26)21-12-8-19(4-2)9-13-21;1-3-5-6-19-9-11-20(12-10-19)22-15-16-23(24(25)17-22)21-13-7-18(4-2)8-14-21;1-3-5-6-19-9-13-21(14-10-19)23-16-15-22(17-24(23)25)20-11-7-18(4-2)8-12-20;1-3-4-5-18-8-12-19(13-9-18)21-14-15-22(23(24)16-21)20-10-6-17(2)7-11-20;1-3-4-5-18-8-12-20(13-9-18)22-15-14-21(16-23(22)24)19-10-6-17(2)7-11-19/h2*3,5,8-18H,4,6-7H2,1-2H3;2*3,7-17H,1,4-6H2,2H3;2*3,6-16H,1,4-5H2,2H3/b2*5-3+;;;;. The van der Waals surface area contributed by atoms with Crippen LogP contribution in [0.3, 0.4) is 0 Å². The third kappa shape index (κ3) is 32.5. The molecule has 0 aliphatic carbocycles. The second-order valence-electron chi connectivity index (χ2n) is 37.8. The van der Waals surface area contributed by atoms with E-state index >= 15 is 0 Å². The maximum Gasteiger partial charge on any atom is 0.131 e. The minimum Gasteiger partial charge on any atom is -0.206 e. The first-order valence-electron chi connectivity index (χ1n) is 52.7. The van der Waals surface area contributed by atoms with Crippen molar-refractivity contribution in [2.45, 2.75) is 158 Å². The number of rotatable bonds is 34. The summed E-state index contributed by atoms with van der Waals surface area (Å²) in [5.41, 5.74) is 36.2. The van der Waals surface area contributed by atoms with Gasteiger partial charge in [0.25, 0.3) is 0 Å². The van der Waals surface area contributed by atoms with Gasteiger partial charge in [-0.3, -0.25) is 0 Å². The van der Waals surface area contributed by atoms with Crippen molar-refractivity contribution in [2.24, 2.45) is 0 Å². The van der Waals surface area contributed by atoms with Gasteiger partial charge in [0.1, 0.15) is 34.9 Å². The lowest BCUT2D eigenvalue weighted by Gasteiger charge is -2.08. The molecule has 756 valence electrons. The summed E-state index contributed by atoms with van der Waals surface area (Å²) in [6.45, 7) is 31.6. The molecule has 0 N–H and O–H groups in total. The van der Waals surface area contributed by atoms with E-state index in [0.717, 1.165) is 203 Å². The van der Waals surface area contributed by atoms with Gasteiger partial charge in [-0.2, -0.15) is 0 Å². The molecule has 0 atom stereocenters. The highest BCUT2D eigenvalue weighted by Crippen LogP contribution is 2.38. The summed E-state index contributed by atoms with van der Waals surface area (Å²) < 4.78 is 87.8. The van der Waals surface area contributed by atoms with Crippen LogP contribution in [0.4, 0.5) is 26.3 Å². The van der Waals surface area contributed by atoms with E-state index in [9.17, 15) is 26.3 Å². The molecular formula is C144H138F6. The van der Waals surface area contributed by atoms with Crippen molar-refractivity contribution in [3.8, 4) is 134 Å². The van der Waals surface area contributed by atoms with E-state index in [0.29, 0.717) is 33.4 Å². The van der Waals surface area contributed by atoms with Gasteiger partial charge in [-0.05, 0) is 323 Å². The highest BCUT2D eigenvalue weighted by molar-refractivity contribution is 5.78. The zero-order chi connectivity index (χ0) is 106. The third-order valence-electron chi connectivity index (χ3n) is 27.2. The van der Waals surface area contributed by atoms with Crippen LogP contribution in [0.2, 0.25) is 0 Å². The number of halogens is 6. The first-order valence-corrected chi connectivity index (χ1v) is 52.7. The van der Waals surface area contributed by atoms with E-state index in [-0.39, 0.29) is 34.9 Å². The summed E-state index contributed by atoms with van der Waals surface area (Å²) in [5.74, 6) is -1.10. The minimum absolute atomic E-state index is 0.177. The molecule has 0 unspecified atom stereocenters. The van der Waals surface area contributed by atoms with Gasteiger partial charge in [-0.25, -0.2) is 26.3 Å². The van der Waals surface area contributed by atoms with Gasteiger partial charge in [0.05, 0.1) is 0 Å². The van der Waals surface area contributed by atoms with Crippen LogP contribution < -0.4 is 0 Å². The van der Waals surface area contributed by atoms with Gasteiger partial charge in [0.2, 0.25) is 0 Å². The van der Waals surface area contributed by atoms with Crippen LogP contribution in [0, 0.1) is 48.8 Å². The van der Waals surface area contributed by atoms with Gasteiger partial charge in [0, 0.05) is 33.4 Å². The summed E-state index contributed by atoms with van der Waals surface area (Å²) in [5, 5.41) is 0. The highest BCUT2D eigenvalue weighted by Gasteiger charge is 2.17. The lowest BCUT2D eigenvalue weighted by Crippen LogP contribution is -1.89. The summed E-state index contributed by atoms with van der Waals surface area (Å²) in [7, 11) is 0. The van der Waals surface area contributed by atoms with E-state index in [1.54, 1.807) is 36.4 Å². The number of benzene rings is 18. The zero-order valence-electron chi connectivity index (χ0n) is 88.1. The zero-order valence-corrected chi connectivity index (χ0v) is 88.1. The molecule has 18 aromatic carbocycles. The summed E-state index contributed by atoms with van der Waals surface area (Å²) >= 11 is 0. The van der Waals surface area contributed by atoms with E-state index < -0.39 is 0 Å². The van der Waals surface area contributed by atoms with E-state index in [1.807, 2.05) is 234 Å². The summed E-state index contributed by atoms with van der Waals surface area (Å²) in [6, 6.07) is 131. The van der Waals surface area contributed by atoms with Gasteiger partial charge >= 0.3 is 0 Å². The maximum atomic E-state index is 14.7. The van der Waals surface area contributed by atoms with Crippen LogP contribution in [-0.2, 0) is 64.2 Å². The van der Waals surface area contributed by atoms with E-state index in [4.69, 9.17) is 0 Å². The first kappa shape index (κ1) is 111. The minimum atomic E-state index is -0.188. The van der Waals surface area contributed by atoms with Crippen molar-refractivity contribution in [2.75, 3.05) is 0 Å². The molecule has 0 aromatic heterocycles. The predicted molar refractivity (Wildman–Crippen MR) is 631 cm³/mol. The van der Waals surface area contributed by atoms with Crippen molar-refractivity contribution in [1.29, 1.82) is 0 Å². The lowest BCUT2D eigenvalue weighted by molar-refractivity contribution is 0.631. The average Bonchev–Trinajstić information content (AvgIpc) is 0.833. The molecule has 0 saturated heterocycles. The van der Waals surface area contributed by atoms with Crippen molar-refractivity contribution < 1.29 is 26.3 Å². The molecular weight excluding hydrogens is 1840 g/mol. The fraction of sp³-hybridized carbons (Fsp3) is 0.167. The lowest BCUT2D eigenvalue weighted by atomic mass is 9.97. The Bertz CT molecular complexity index is 7390. The highest BCUT2D eigenvalue weighted by atomic mass is 19.1. The Morgan fingerprint density at radius 2 is 0.300 bits per heavy atom. The van der Waals surface area contributed by atoms with Crippen LogP contribution in [-0.4, -0.2) is 0 Å². The Labute approximate surface area is 888 Å². The molecule has 0 aliphatic rings. The molecule has 0 heterocycles. The fourth-order valence-corrected chi connectivity index (χ4v) is 17.8. The van der Waals surface area contributed by atoms with Gasteiger partial charge < -0.3 is 0 Å². The molecule has 6 heteroatoms. The van der Waals surface area contributed by atoms with Crippen LogP contribution in [0.15, 0.2) is 475 Å². The number of hydrogen-bond acceptors (Lipinski definition) is 0. The monoisotopic (exact) mass is 1980 g/mol. The van der Waals surface area contributed by atoms with Crippen LogP contribution in [0.1, 0.15) is 147 Å². The van der Waals surface area contributed by atoms with Gasteiger partial charge in [-0.1, -0.05) is 451 Å². The summed E-state index contributed by atoms with van der Waals surface area (Å²) in [6.07, 6.45) is 32.1. The van der Waals surface area contributed by atoms with Crippen molar-refractivity contribution in [1.82, 2.24) is 0 Å². The molecule has 0 fully saturated rings. The molecule has 0 nitrogen and oxygen atoms in total. The Balaban J connectivity index is 0.000000150. The molecule has 0 spiro atoms. The Hall–Kier alpha value is -16.0. The second-order valence-corrected chi connectivity index (χ2v) is 37.8. The van der Waals surface area contributed by atoms with E-state index in [1.165, 1.54) is 66.8 Å². The maximum absolute atomic E-state index is 14.7. The normalized spacial score (nSPS) is 10.8. The Kier molecular flexibility index (Phi) is 42.9. The topological polar surface area (TPSA) is 0 Å². The number of aryl methyl sites for hydroxylation is 12. The fourth-order valence-electron chi connectivity index (χ4n) is 17.8. The average molecular weight is 1980 g/mol. The summed E-state index contributed by atoms with van der Waals surface area (Å²) in [4.78, 5) is 0. The van der Waals surface area contributed by atoms with Crippen LogP contribution >= 0.6 is 0 Å². The predicted octanol–water partition coefficient (Wildman–Crippen LogP) is 41.3. The Morgan fingerprint density at radius 1 is 0.167 bits per heavy atom. The second kappa shape index (κ2) is 57.9. The molecule has 18 aromatic rings. The van der Waals surface area contributed by atoms with Crippen LogP contribution in [0.25, 0.3) is 134 Å². The van der Waals surface area contributed by atoms with Crippen molar-refractivity contribution in [3.63, 3.8) is 0 Å². The largest absolute Gasteiger partial charge is 0.206 e. The smallest absolute Gasteiger partial charge is 0.131 e. The Morgan fingerprint density at radius 3 is 0.447 bits per heavy atom. The molecule has 150 heavy (non-hydrogen) atoms. The quantitative estimate of drug-likeness (QED) is 0.0279. The van der Waals surface area contributed by atoms with Gasteiger partial charge in [-0.15, -0.1) is 26.3 Å². The molecule has 0 amide bonds. The molecule has 0 aliphatic heterocycles. The number of hydrogen-bond donors (Lipinski definition) is 0. The number of allylic oxidation sites excluding steroid dienone is 8. The van der Waals surface area contributed by atoms with Crippen molar-refractivity contribution >= 4 is 0 Å². The molecule has 0 saturated carbocycles. The SMILES string of the molecule is C/C=C/CCc1ccc(-c2ccc(-c3ccc(CC)cc3)c(F)c2)cc1.C/C=C/CCc1ccc(-c2ccc(-c3ccc(CC)cc3)cc2F)cc1.C=CCCc1ccc(-c2ccc(-c3ccc(C)cc3)c(F)c2)cc1.C=CCCc1ccc(-c2ccc(-c3ccc(C)cc3)cc2F)cc1.C=CCCc1ccc(-c2ccc(-c3ccc(CC)cc3)c(F)c2)cc1.C=CCCc1ccc(-c2ccc(-c3ccc(CC)cc3)cc2F)cc1. The molecule has 18 rings (SSSR count). The van der Waals surface area contributed by atoms with Crippen molar-refractivity contribution in [3.05, 3.63) is 577 Å². The van der Waals surface area contributed by atoms with Crippen LogP contribution in [0.5, 0.6) is 0 Å². The molecule has 0 bridgehead atoms. The third-order valence-corrected chi connectivity index (χ3v) is 27.2.